The number of hydrogen-bond donors (Lipinski definition) is 3. The number of hydrazine groups is 2. The lowest BCUT2D eigenvalue weighted by atomic mass is 9.90. The largest absolute Gasteiger partial charge is 0.378 e. The van der Waals surface area contributed by atoms with Crippen LogP contribution in [0.4, 0.5) is 5.69 Å². The molecule has 2 aromatic carbocycles. The van der Waals surface area contributed by atoms with Gasteiger partial charge in [-0.15, -0.1) is 5.53 Å². The molecule has 3 aliphatic rings. The molecular weight excluding hydrogens is 406 g/mol. The monoisotopic (exact) mass is 435 g/mol. The smallest absolute Gasteiger partial charge is 0.0814 e. The second-order valence-electron chi connectivity index (χ2n) is 8.53. The number of benzene rings is 2. The standard InChI is InChI=1S/C25H30ClN5/c1-3-30-13-10-18(11-14-30)19-4-9-22-23(16-19)24(27-21-7-5-20(26)6-8-21)12-15-31-25(22)17(2)28-29-31/h4-10,16,24,27-29H,3,11-15H2,1-2H3. The minimum absolute atomic E-state index is 0.222. The van der Waals surface area contributed by atoms with Crippen LogP contribution in [0, 0.1) is 0 Å². The van der Waals surface area contributed by atoms with E-state index in [-0.39, 0.29) is 6.04 Å². The third kappa shape index (κ3) is 4.05. The highest BCUT2D eigenvalue weighted by Crippen LogP contribution is 2.39. The average Bonchev–Trinajstić information content (AvgIpc) is 3.09. The van der Waals surface area contributed by atoms with Crippen molar-refractivity contribution in [3.8, 4) is 0 Å². The molecule has 1 atom stereocenters. The number of fused-ring (bicyclic) bond motifs is 3. The number of nitrogens with zero attached hydrogens (tertiary/aromatic N) is 2. The number of likely N-dealkylation sites (N-methyl/N-ethyl adjacent to an activating group) is 1. The fourth-order valence-electron chi connectivity index (χ4n) is 4.82. The lowest BCUT2D eigenvalue weighted by molar-refractivity contribution is 0.281. The third-order valence-corrected chi connectivity index (χ3v) is 6.88. The van der Waals surface area contributed by atoms with E-state index in [1.807, 2.05) is 12.1 Å². The lowest BCUT2D eigenvalue weighted by Gasteiger charge is -2.26. The van der Waals surface area contributed by atoms with Crippen molar-refractivity contribution >= 4 is 28.6 Å². The van der Waals surface area contributed by atoms with Crippen LogP contribution >= 0.6 is 11.6 Å². The van der Waals surface area contributed by atoms with E-state index in [9.17, 15) is 0 Å². The van der Waals surface area contributed by atoms with Gasteiger partial charge >= 0.3 is 0 Å². The highest BCUT2D eigenvalue weighted by Gasteiger charge is 2.30. The maximum Gasteiger partial charge on any atom is 0.0814 e. The normalized spacial score (nSPS) is 21.2. The van der Waals surface area contributed by atoms with Gasteiger partial charge in [0, 0.05) is 35.9 Å². The van der Waals surface area contributed by atoms with Crippen LogP contribution in [-0.4, -0.2) is 36.1 Å². The summed E-state index contributed by atoms with van der Waals surface area (Å²) in [5, 5.41) is 6.76. The number of hydrogen-bond acceptors (Lipinski definition) is 5. The topological polar surface area (TPSA) is 42.6 Å². The molecule has 0 fully saturated rings. The van der Waals surface area contributed by atoms with Crippen LogP contribution in [0.15, 0.2) is 54.2 Å². The van der Waals surface area contributed by atoms with E-state index in [1.165, 1.54) is 28.0 Å². The summed E-state index contributed by atoms with van der Waals surface area (Å²) < 4.78 is 0. The lowest BCUT2D eigenvalue weighted by Crippen LogP contribution is -2.37. The van der Waals surface area contributed by atoms with Crippen LogP contribution in [-0.2, 0) is 0 Å². The van der Waals surface area contributed by atoms with Gasteiger partial charge in [-0.1, -0.05) is 36.7 Å². The highest BCUT2D eigenvalue weighted by atomic mass is 35.5. The van der Waals surface area contributed by atoms with E-state index in [0.717, 1.165) is 55.4 Å². The molecule has 0 bridgehead atoms. The molecule has 162 valence electrons. The molecule has 1 unspecified atom stereocenters. The Bertz CT molecular complexity index is 1030. The van der Waals surface area contributed by atoms with Gasteiger partial charge in [-0.25, -0.2) is 0 Å². The molecule has 0 radical (unpaired) electrons. The quantitative estimate of drug-likeness (QED) is 0.629. The molecule has 5 rings (SSSR count). The van der Waals surface area contributed by atoms with Gasteiger partial charge in [0.1, 0.15) is 0 Å². The van der Waals surface area contributed by atoms with Crippen molar-refractivity contribution < 1.29 is 0 Å². The molecule has 0 spiro atoms. The first-order valence-electron chi connectivity index (χ1n) is 11.2. The number of halogens is 1. The zero-order valence-corrected chi connectivity index (χ0v) is 19.0. The van der Waals surface area contributed by atoms with E-state index in [0.29, 0.717) is 0 Å². The predicted molar refractivity (Wildman–Crippen MR) is 129 cm³/mol. The molecule has 6 heteroatoms. The number of nitrogens with one attached hydrogen (secondary N) is 3. The molecule has 3 aliphatic heterocycles. The molecule has 0 saturated heterocycles. The first-order valence-corrected chi connectivity index (χ1v) is 11.6. The van der Waals surface area contributed by atoms with Crippen molar-refractivity contribution in [2.24, 2.45) is 0 Å². The van der Waals surface area contributed by atoms with Crippen molar-refractivity contribution in [2.75, 3.05) is 31.5 Å². The van der Waals surface area contributed by atoms with Gasteiger partial charge < -0.3 is 10.7 Å². The van der Waals surface area contributed by atoms with Crippen LogP contribution in [0.3, 0.4) is 0 Å². The molecule has 0 amide bonds. The SMILES string of the molecule is CCN1CC=C(c2ccc3c(c2)C(Nc2ccc(Cl)cc2)CCN2NNC(C)=C32)CC1. The Morgan fingerprint density at radius 3 is 2.71 bits per heavy atom. The number of rotatable bonds is 4. The Hall–Kier alpha value is -2.47. The van der Waals surface area contributed by atoms with Crippen LogP contribution in [0.5, 0.6) is 0 Å². The summed E-state index contributed by atoms with van der Waals surface area (Å²) in [6.07, 6.45) is 4.51. The molecule has 2 aromatic rings. The maximum absolute atomic E-state index is 6.10. The predicted octanol–water partition coefficient (Wildman–Crippen LogP) is 5.02. The van der Waals surface area contributed by atoms with Crippen LogP contribution < -0.4 is 16.3 Å². The Kier molecular flexibility index (Phi) is 5.65. The number of allylic oxidation sites excluding steroid dienone is 1. The molecule has 5 nitrogen and oxygen atoms in total. The Labute approximate surface area is 189 Å². The van der Waals surface area contributed by atoms with Gasteiger partial charge in [-0.2, -0.15) is 0 Å². The van der Waals surface area contributed by atoms with Gasteiger partial charge in [0.15, 0.2) is 0 Å². The summed E-state index contributed by atoms with van der Waals surface area (Å²) in [4.78, 5) is 2.49. The van der Waals surface area contributed by atoms with Gasteiger partial charge in [-0.3, -0.25) is 9.91 Å². The summed E-state index contributed by atoms with van der Waals surface area (Å²) in [7, 11) is 0. The van der Waals surface area contributed by atoms with Crippen molar-refractivity contribution in [3.05, 3.63) is 76.0 Å². The molecule has 3 N–H and O–H groups in total. The Balaban J connectivity index is 1.54. The van der Waals surface area contributed by atoms with Gasteiger partial charge in [0.2, 0.25) is 0 Å². The second-order valence-corrected chi connectivity index (χ2v) is 8.97. The van der Waals surface area contributed by atoms with E-state index in [1.54, 1.807) is 0 Å². The minimum atomic E-state index is 0.222. The Morgan fingerprint density at radius 1 is 1.13 bits per heavy atom. The van der Waals surface area contributed by atoms with Crippen LogP contribution in [0.2, 0.25) is 5.02 Å². The van der Waals surface area contributed by atoms with Crippen molar-refractivity contribution in [1.29, 1.82) is 0 Å². The fourth-order valence-corrected chi connectivity index (χ4v) is 4.95. The zero-order chi connectivity index (χ0) is 21.4. The van der Waals surface area contributed by atoms with Crippen LogP contribution in [0.25, 0.3) is 11.3 Å². The van der Waals surface area contributed by atoms with E-state index in [4.69, 9.17) is 11.6 Å². The van der Waals surface area contributed by atoms with Gasteiger partial charge in [0.25, 0.3) is 0 Å². The molecule has 31 heavy (non-hydrogen) atoms. The first kappa shape index (κ1) is 20.4. The summed E-state index contributed by atoms with van der Waals surface area (Å²) in [5.74, 6) is 0. The van der Waals surface area contributed by atoms with Crippen LogP contribution in [0.1, 0.15) is 49.4 Å². The summed E-state index contributed by atoms with van der Waals surface area (Å²) in [6, 6.07) is 15.3. The minimum Gasteiger partial charge on any atom is -0.378 e. The van der Waals surface area contributed by atoms with E-state index < -0.39 is 0 Å². The van der Waals surface area contributed by atoms with Crippen molar-refractivity contribution in [1.82, 2.24) is 20.9 Å². The molecule has 0 saturated carbocycles. The first-order chi connectivity index (χ1) is 15.1. The third-order valence-electron chi connectivity index (χ3n) is 6.62. The second kappa shape index (κ2) is 8.58. The fraction of sp³-hybridized carbons (Fsp3) is 0.360. The molecule has 0 aliphatic carbocycles. The molecular formula is C25H30ClN5. The van der Waals surface area contributed by atoms with E-state index >= 15 is 0 Å². The molecule has 0 aromatic heterocycles. The van der Waals surface area contributed by atoms with Crippen molar-refractivity contribution in [2.45, 2.75) is 32.7 Å². The summed E-state index contributed by atoms with van der Waals surface area (Å²) in [6.45, 7) is 8.59. The highest BCUT2D eigenvalue weighted by molar-refractivity contribution is 6.30. The summed E-state index contributed by atoms with van der Waals surface area (Å²) >= 11 is 6.10. The maximum atomic E-state index is 6.10. The van der Waals surface area contributed by atoms with Gasteiger partial charge in [-0.05, 0) is 73.3 Å². The van der Waals surface area contributed by atoms with Crippen molar-refractivity contribution in [3.63, 3.8) is 0 Å². The number of anilines is 1. The Morgan fingerprint density at radius 2 is 1.97 bits per heavy atom. The average molecular weight is 436 g/mol. The molecule has 3 heterocycles. The van der Waals surface area contributed by atoms with Gasteiger partial charge in [0.05, 0.1) is 17.4 Å². The zero-order valence-electron chi connectivity index (χ0n) is 18.2. The van der Waals surface area contributed by atoms with E-state index in [2.05, 4.69) is 76.4 Å². The summed E-state index contributed by atoms with van der Waals surface area (Å²) in [5.41, 5.74) is 15.6.